The summed E-state index contributed by atoms with van der Waals surface area (Å²) in [6, 6.07) is 26.0. The topological polar surface area (TPSA) is 61.4 Å². The zero-order valence-corrected chi connectivity index (χ0v) is 17.8. The van der Waals surface area contributed by atoms with Gasteiger partial charge in [-0.3, -0.25) is 9.69 Å². The van der Waals surface area contributed by atoms with Crippen LogP contribution >= 0.6 is 0 Å². The predicted octanol–water partition coefficient (Wildman–Crippen LogP) is 4.20. The van der Waals surface area contributed by atoms with E-state index in [-0.39, 0.29) is 5.91 Å². The van der Waals surface area contributed by atoms with Gasteiger partial charge in [-0.1, -0.05) is 66.7 Å². The van der Waals surface area contributed by atoms with E-state index in [2.05, 4.69) is 49.4 Å². The standard InChI is InChI=1S/C26H25N5O/c32-26(23-12-6-10-21-9-4-5-11-22(21)23)29-24-17-25(28-19-27-24)31-15-13-30(14-16-31)18-20-7-2-1-3-8-20/h1-12,17,19H,13-16,18H2,(H,27,28,29,32). The van der Waals surface area contributed by atoms with Gasteiger partial charge in [0.2, 0.25) is 0 Å². The number of carbonyl (C=O) groups is 1. The molecule has 1 aromatic heterocycles. The first-order valence-electron chi connectivity index (χ1n) is 10.9. The molecule has 1 amide bonds. The molecule has 0 radical (unpaired) electrons. The monoisotopic (exact) mass is 423 g/mol. The quantitative estimate of drug-likeness (QED) is 0.521. The molecule has 0 saturated carbocycles. The van der Waals surface area contributed by atoms with Crippen molar-refractivity contribution in [1.29, 1.82) is 0 Å². The van der Waals surface area contributed by atoms with Crippen molar-refractivity contribution in [1.82, 2.24) is 14.9 Å². The number of amides is 1. The fraction of sp³-hybridized carbons (Fsp3) is 0.192. The zero-order chi connectivity index (χ0) is 21.8. The zero-order valence-electron chi connectivity index (χ0n) is 17.8. The van der Waals surface area contributed by atoms with E-state index in [0.29, 0.717) is 11.4 Å². The van der Waals surface area contributed by atoms with E-state index >= 15 is 0 Å². The molecule has 0 unspecified atom stereocenters. The van der Waals surface area contributed by atoms with Gasteiger partial charge < -0.3 is 10.2 Å². The molecule has 1 fully saturated rings. The first-order valence-corrected chi connectivity index (χ1v) is 10.9. The molecule has 6 heteroatoms. The van der Waals surface area contributed by atoms with Crippen LogP contribution in [0.1, 0.15) is 15.9 Å². The van der Waals surface area contributed by atoms with Gasteiger partial charge in [0.1, 0.15) is 18.0 Å². The van der Waals surface area contributed by atoms with Crippen molar-refractivity contribution in [2.75, 3.05) is 36.4 Å². The summed E-state index contributed by atoms with van der Waals surface area (Å²) in [5.74, 6) is 1.19. The Bertz CT molecular complexity index is 1210. The highest BCUT2D eigenvalue weighted by atomic mass is 16.1. The summed E-state index contributed by atoms with van der Waals surface area (Å²) in [5.41, 5.74) is 1.97. The highest BCUT2D eigenvalue weighted by Crippen LogP contribution is 2.21. The average molecular weight is 424 g/mol. The summed E-state index contributed by atoms with van der Waals surface area (Å²) in [6.45, 7) is 4.68. The molecule has 1 saturated heterocycles. The maximum Gasteiger partial charge on any atom is 0.257 e. The third kappa shape index (κ3) is 4.45. The SMILES string of the molecule is O=C(Nc1cc(N2CCN(Cc3ccccc3)CC2)ncn1)c1cccc2ccccc12. The number of hydrogen-bond donors (Lipinski definition) is 1. The first kappa shape index (κ1) is 20.2. The van der Waals surface area contributed by atoms with E-state index < -0.39 is 0 Å². The Balaban J connectivity index is 1.24. The first-order chi connectivity index (χ1) is 15.8. The molecule has 0 aliphatic carbocycles. The molecule has 6 nitrogen and oxygen atoms in total. The fourth-order valence-corrected chi connectivity index (χ4v) is 4.17. The normalized spacial score (nSPS) is 14.4. The van der Waals surface area contributed by atoms with E-state index in [0.717, 1.165) is 49.3 Å². The number of anilines is 2. The summed E-state index contributed by atoms with van der Waals surface area (Å²) in [5, 5.41) is 4.91. The number of nitrogens with zero attached hydrogens (tertiary/aromatic N) is 4. The summed E-state index contributed by atoms with van der Waals surface area (Å²) >= 11 is 0. The van der Waals surface area contributed by atoms with Crippen LogP contribution < -0.4 is 10.2 Å². The summed E-state index contributed by atoms with van der Waals surface area (Å²) in [4.78, 5) is 26.4. The van der Waals surface area contributed by atoms with Crippen LogP contribution in [0.25, 0.3) is 10.8 Å². The minimum absolute atomic E-state index is 0.167. The third-order valence-corrected chi connectivity index (χ3v) is 5.87. The lowest BCUT2D eigenvalue weighted by atomic mass is 10.0. The molecule has 1 N–H and O–H groups in total. The van der Waals surface area contributed by atoms with Gasteiger partial charge in [-0.15, -0.1) is 0 Å². The highest BCUT2D eigenvalue weighted by molar-refractivity contribution is 6.12. The van der Waals surface area contributed by atoms with Gasteiger partial charge in [0.15, 0.2) is 0 Å². The number of nitrogens with one attached hydrogen (secondary N) is 1. The van der Waals surface area contributed by atoms with E-state index in [4.69, 9.17) is 0 Å². The Kier molecular flexibility index (Phi) is 5.77. The number of hydrogen-bond acceptors (Lipinski definition) is 5. The highest BCUT2D eigenvalue weighted by Gasteiger charge is 2.19. The van der Waals surface area contributed by atoms with Crippen molar-refractivity contribution in [2.45, 2.75) is 6.54 Å². The molecule has 4 aromatic rings. The van der Waals surface area contributed by atoms with Crippen molar-refractivity contribution in [3.8, 4) is 0 Å². The van der Waals surface area contributed by atoms with Crippen molar-refractivity contribution in [2.24, 2.45) is 0 Å². The van der Waals surface area contributed by atoms with Crippen LogP contribution in [0.15, 0.2) is 85.2 Å². The number of fused-ring (bicyclic) bond motifs is 1. The maximum atomic E-state index is 12.9. The molecular formula is C26H25N5O. The van der Waals surface area contributed by atoms with Crippen LogP contribution in [0.5, 0.6) is 0 Å². The van der Waals surface area contributed by atoms with Crippen molar-refractivity contribution < 1.29 is 4.79 Å². The fourth-order valence-electron chi connectivity index (χ4n) is 4.17. The van der Waals surface area contributed by atoms with Gasteiger partial charge in [0, 0.05) is 44.4 Å². The smallest absolute Gasteiger partial charge is 0.257 e. The van der Waals surface area contributed by atoms with Gasteiger partial charge in [-0.05, 0) is 22.4 Å². The number of carbonyl (C=O) groups excluding carboxylic acids is 1. The second-order valence-corrected chi connectivity index (χ2v) is 7.99. The van der Waals surface area contributed by atoms with E-state index in [1.165, 1.54) is 11.9 Å². The lowest BCUT2D eigenvalue weighted by Gasteiger charge is -2.35. The van der Waals surface area contributed by atoms with E-state index in [1.54, 1.807) is 0 Å². The Morgan fingerprint density at radius 3 is 2.44 bits per heavy atom. The van der Waals surface area contributed by atoms with Gasteiger partial charge >= 0.3 is 0 Å². The maximum absolute atomic E-state index is 12.9. The Hall–Kier alpha value is -3.77. The largest absolute Gasteiger partial charge is 0.354 e. The number of benzene rings is 3. The molecule has 1 aliphatic rings. The lowest BCUT2D eigenvalue weighted by molar-refractivity contribution is 0.102. The number of piperazine rings is 1. The van der Waals surface area contributed by atoms with Crippen molar-refractivity contribution in [3.05, 3.63) is 96.3 Å². The Morgan fingerprint density at radius 1 is 0.844 bits per heavy atom. The molecule has 2 heterocycles. The molecular weight excluding hydrogens is 398 g/mol. The third-order valence-electron chi connectivity index (χ3n) is 5.87. The summed E-state index contributed by atoms with van der Waals surface area (Å²) in [7, 11) is 0. The van der Waals surface area contributed by atoms with Crippen LogP contribution in [0.4, 0.5) is 11.6 Å². The second-order valence-electron chi connectivity index (χ2n) is 7.99. The van der Waals surface area contributed by atoms with Crippen molar-refractivity contribution in [3.63, 3.8) is 0 Å². The van der Waals surface area contributed by atoms with Gasteiger partial charge in [0.25, 0.3) is 5.91 Å². The second kappa shape index (κ2) is 9.16. The van der Waals surface area contributed by atoms with Crippen LogP contribution in [-0.2, 0) is 6.54 Å². The molecule has 32 heavy (non-hydrogen) atoms. The predicted molar refractivity (Wildman–Crippen MR) is 128 cm³/mol. The minimum atomic E-state index is -0.167. The van der Waals surface area contributed by atoms with Crippen LogP contribution in [0.3, 0.4) is 0 Å². The van der Waals surface area contributed by atoms with Crippen LogP contribution in [-0.4, -0.2) is 47.0 Å². The summed E-state index contributed by atoms with van der Waals surface area (Å²) in [6.07, 6.45) is 1.52. The van der Waals surface area contributed by atoms with Gasteiger partial charge in [-0.25, -0.2) is 9.97 Å². The van der Waals surface area contributed by atoms with E-state index in [1.807, 2.05) is 54.6 Å². The minimum Gasteiger partial charge on any atom is -0.354 e. The molecule has 3 aromatic carbocycles. The molecule has 0 spiro atoms. The summed E-state index contributed by atoms with van der Waals surface area (Å²) < 4.78 is 0. The Morgan fingerprint density at radius 2 is 1.59 bits per heavy atom. The van der Waals surface area contributed by atoms with Crippen LogP contribution in [0.2, 0.25) is 0 Å². The van der Waals surface area contributed by atoms with Gasteiger partial charge in [0.05, 0.1) is 0 Å². The molecule has 5 rings (SSSR count). The van der Waals surface area contributed by atoms with Gasteiger partial charge in [-0.2, -0.15) is 0 Å². The lowest BCUT2D eigenvalue weighted by Crippen LogP contribution is -2.46. The van der Waals surface area contributed by atoms with E-state index in [9.17, 15) is 4.79 Å². The average Bonchev–Trinajstić information content (AvgIpc) is 2.85. The molecule has 0 bridgehead atoms. The number of aromatic nitrogens is 2. The Labute approximate surface area is 187 Å². The molecule has 1 aliphatic heterocycles. The van der Waals surface area contributed by atoms with Crippen molar-refractivity contribution >= 4 is 28.3 Å². The molecule has 0 atom stereocenters. The number of rotatable bonds is 5. The molecule has 160 valence electrons. The van der Waals surface area contributed by atoms with Crippen LogP contribution in [0, 0.1) is 0 Å².